The lowest BCUT2D eigenvalue weighted by Gasteiger charge is -2.24. The fourth-order valence-electron chi connectivity index (χ4n) is 1.37. The molecule has 0 aliphatic rings. The van der Waals surface area contributed by atoms with Crippen LogP contribution in [0.4, 0.5) is 4.79 Å². The van der Waals surface area contributed by atoms with E-state index in [4.69, 9.17) is 9.47 Å². The van der Waals surface area contributed by atoms with Gasteiger partial charge in [-0.1, -0.05) is 13.5 Å². The molecular formula is C13H23NO4. The lowest BCUT2D eigenvalue weighted by molar-refractivity contribution is -0.144. The number of nitrogens with zero attached hydrogens (tertiary/aromatic N) is 1. The summed E-state index contributed by atoms with van der Waals surface area (Å²) in [5, 5.41) is 0. The van der Waals surface area contributed by atoms with E-state index < -0.39 is 5.97 Å². The Morgan fingerprint density at radius 3 is 2.39 bits per heavy atom. The minimum absolute atomic E-state index is 0.325. The van der Waals surface area contributed by atoms with Gasteiger partial charge in [0.2, 0.25) is 0 Å². The van der Waals surface area contributed by atoms with Crippen LogP contribution >= 0.6 is 0 Å². The predicted molar refractivity (Wildman–Crippen MR) is 69.3 cm³/mol. The average molecular weight is 257 g/mol. The van der Waals surface area contributed by atoms with Crippen molar-refractivity contribution < 1.29 is 19.1 Å². The maximum atomic E-state index is 11.6. The summed E-state index contributed by atoms with van der Waals surface area (Å²) in [6.07, 6.45) is 0.0581. The van der Waals surface area contributed by atoms with Gasteiger partial charge >= 0.3 is 12.1 Å². The van der Waals surface area contributed by atoms with E-state index in [9.17, 15) is 9.59 Å². The summed E-state index contributed by atoms with van der Waals surface area (Å²) in [5.41, 5.74) is 0.347. The maximum Gasteiger partial charge on any atom is 0.409 e. The summed E-state index contributed by atoms with van der Waals surface area (Å²) in [6.45, 7) is 11.8. The van der Waals surface area contributed by atoms with Crippen molar-refractivity contribution in [3.05, 3.63) is 12.2 Å². The number of hydrogen-bond donors (Lipinski definition) is 0. The first-order valence-corrected chi connectivity index (χ1v) is 6.20. The first-order valence-electron chi connectivity index (χ1n) is 6.20. The first-order chi connectivity index (χ1) is 8.42. The highest BCUT2D eigenvalue weighted by molar-refractivity contribution is 5.87. The van der Waals surface area contributed by atoms with Gasteiger partial charge in [0.15, 0.2) is 0 Å². The third-order valence-corrected chi connectivity index (χ3v) is 2.15. The molecule has 5 heteroatoms. The second-order valence-electron chi connectivity index (χ2n) is 4.14. The molecular weight excluding hydrogens is 234 g/mol. The van der Waals surface area contributed by atoms with Crippen molar-refractivity contribution in [2.24, 2.45) is 0 Å². The Morgan fingerprint density at radius 2 is 1.94 bits per heavy atom. The van der Waals surface area contributed by atoms with Crippen molar-refractivity contribution in [3.63, 3.8) is 0 Å². The molecule has 1 amide bonds. The van der Waals surface area contributed by atoms with E-state index in [2.05, 4.69) is 6.58 Å². The Labute approximate surface area is 109 Å². The zero-order valence-corrected chi connectivity index (χ0v) is 11.7. The van der Waals surface area contributed by atoms with Gasteiger partial charge in [-0.15, -0.1) is 0 Å². The lowest BCUT2D eigenvalue weighted by Crippen LogP contribution is -2.39. The number of rotatable bonds is 7. The monoisotopic (exact) mass is 257 g/mol. The molecule has 0 radical (unpaired) electrons. The molecule has 0 rings (SSSR count). The summed E-state index contributed by atoms with van der Waals surface area (Å²) < 4.78 is 10.1. The van der Waals surface area contributed by atoms with Gasteiger partial charge in [-0.3, -0.25) is 0 Å². The number of amides is 1. The minimum atomic E-state index is -0.442. The fraction of sp³-hybridized carbons (Fsp3) is 0.692. The highest BCUT2D eigenvalue weighted by atomic mass is 16.6. The number of esters is 1. The van der Waals surface area contributed by atoms with Crippen LogP contribution in [0.2, 0.25) is 0 Å². The van der Waals surface area contributed by atoms with Crippen molar-refractivity contribution in [1.82, 2.24) is 4.90 Å². The standard InChI is InChI=1S/C13H23NO4/c1-6-8-14(13(16)17-7-2)9-11(5)18-12(15)10(3)4/h11H,3,6-9H2,1-2,4-5H3. The maximum absolute atomic E-state index is 11.6. The van der Waals surface area contributed by atoms with E-state index in [0.29, 0.717) is 25.3 Å². The highest BCUT2D eigenvalue weighted by Crippen LogP contribution is 2.04. The number of ether oxygens (including phenoxy) is 2. The molecule has 0 bridgehead atoms. The van der Waals surface area contributed by atoms with Gasteiger partial charge in [0.25, 0.3) is 0 Å². The van der Waals surface area contributed by atoms with E-state index in [1.54, 1.807) is 25.7 Å². The van der Waals surface area contributed by atoms with Gasteiger partial charge in [-0.05, 0) is 27.2 Å². The molecule has 5 nitrogen and oxygen atoms in total. The van der Waals surface area contributed by atoms with Gasteiger partial charge in [0, 0.05) is 12.1 Å². The molecule has 1 unspecified atom stereocenters. The Morgan fingerprint density at radius 1 is 1.33 bits per heavy atom. The third kappa shape index (κ3) is 6.27. The molecule has 0 aliphatic carbocycles. The number of carbonyl (C=O) groups is 2. The van der Waals surface area contributed by atoms with Crippen LogP contribution in [0.15, 0.2) is 12.2 Å². The predicted octanol–water partition coefficient (Wildman–Crippen LogP) is 2.36. The Balaban J connectivity index is 4.35. The normalized spacial score (nSPS) is 11.6. The molecule has 0 aliphatic heterocycles. The molecule has 0 fully saturated rings. The summed E-state index contributed by atoms with van der Waals surface area (Å²) in [4.78, 5) is 24.5. The highest BCUT2D eigenvalue weighted by Gasteiger charge is 2.19. The van der Waals surface area contributed by atoms with Crippen LogP contribution in [-0.4, -0.2) is 42.8 Å². The molecule has 104 valence electrons. The number of hydrogen-bond acceptors (Lipinski definition) is 4. The first kappa shape index (κ1) is 16.5. The van der Waals surface area contributed by atoms with Crippen molar-refractivity contribution in [2.45, 2.75) is 40.2 Å². The van der Waals surface area contributed by atoms with Crippen molar-refractivity contribution in [2.75, 3.05) is 19.7 Å². The van der Waals surface area contributed by atoms with Crippen molar-refractivity contribution in [1.29, 1.82) is 0 Å². The summed E-state index contributed by atoms with van der Waals surface area (Å²) in [6, 6.07) is 0. The molecule has 18 heavy (non-hydrogen) atoms. The van der Waals surface area contributed by atoms with Gasteiger partial charge in [-0.25, -0.2) is 9.59 Å². The van der Waals surface area contributed by atoms with Crippen LogP contribution in [0.3, 0.4) is 0 Å². The van der Waals surface area contributed by atoms with Crippen LogP contribution in [0.25, 0.3) is 0 Å². The van der Waals surface area contributed by atoms with Crippen LogP contribution in [0.5, 0.6) is 0 Å². The van der Waals surface area contributed by atoms with Gasteiger partial charge in [-0.2, -0.15) is 0 Å². The van der Waals surface area contributed by atoms with Crippen LogP contribution in [0, 0.1) is 0 Å². The smallest absolute Gasteiger partial charge is 0.409 e. The summed E-state index contributed by atoms with van der Waals surface area (Å²) in [5.74, 6) is -0.442. The van der Waals surface area contributed by atoms with Crippen molar-refractivity contribution >= 4 is 12.1 Å². The van der Waals surface area contributed by atoms with E-state index in [1.165, 1.54) is 0 Å². The molecule has 0 saturated heterocycles. The Hall–Kier alpha value is -1.52. The Kier molecular flexibility index (Phi) is 7.83. The molecule has 1 atom stereocenters. The molecule has 0 aromatic rings. The second-order valence-corrected chi connectivity index (χ2v) is 4.14. The SMILES string of the molecule is C=C(C)C(=O)OC(C)CN(CCC)C(=O)OCC. The van der Waals surface area contributed by atoms with Crippen LogP contribution < -0.4 is 0 Å². The third-order valence-electron chi connectivity index (χ3n) is 2.15. The van der Waals surface area contributed by atoms with Gasteiger partial charge in [0.05, 0.1) is 13.2 Å². The van der Waals surface area contributed by atoms with Gasteiger partial charge < -0.3 is 14.4 Å². The summed E-state index contributed by atoms with van der Waals surface area (Å²) in [7, 11) is 0. The Bertz CT molecular complexity index is 301. The van der Waals surface area contributed by atoms with Gasteiger partial charge in [0.1, 0.15) is 6.10 Å². The average Bonchev–Trinajstić information content (AvgIpc) is 2.28. The van der Waals surface area contributed by atoms with E-state index in [-0.39, 0.29) is 12.2 Å². The van der Waals surface area contributed by atoms with E-state index >= 15 is 0 Å². The molecule has 0 aromatic carbocycles. The molecule has 0 saturated carbocycles. The topological polar surface area (TPSA) is 55.8 Å². The van der Waals surface area contributed by atoms with E-state index in [0.717, 1.165) is 6.42 Å². The second kappa shape index (κ2) is 8.55. The zero-order chi connectivity index (χ0) is 14.1. The molecule has 0 N–H and O–H groups in total. The quantitative estimate of drug-likeness (QED) is 0.519. The summed E-state index contributed by atoms with van der Waals surface area (Å²) >= 11 is 0. The molecule has 0 heterocycles. The van der Waals surface area contributed by atoms with Crippen LogP contribution in [-0.2, 0) is 14.3 Å². The number of carbonyl (C=O) groups excluding carboxylic acids is 2. The van der Waals surface area contributed by atoms with Crippen molar-refractivity contribution in [3.8, 4) is 0 Å². The molecule has 0 aromatic heterocycles. The zero-order valence-electron chi connectivity index (χ0n) is 11.7. The lowest BCUT2D eigenvalue weighted by atomic mass is 10.3. The van der Waals surface area contributed by atoms with Crippen LogP contribution in [0.1, 0.15) is 34.1 Å². The molecule has 0 spiro atoms. The fourth-order valence-corrected chi connectivity index (χ4v) is 1.37. The largest absolute Gasteiger partial charge is 0.457 e. The van der Waals surface area contributed by atoms with E-state index in [1.807, 2.05) is 6.92 Å². The minimum Gasteiger partial charge on any atom is -0.457 e.